The van der Waals surface area contributed by atoms with E-state index in [0.717, 1.165) is 25.3 Å². The van der Waals surface area contributed by atoms with Crippen molar-refractivity contribution >= 4 is 43.4 Å². The summed E-state index contributed by atoms with van der Waals surface area (Å²) >= 11 is 5.23. The van der Waals surface area contributed by atoms with Gasteiger partial charge in [0.1, 0.15) is 5.01 Å². The molecule has 1 amide bonds. The highest BCUT2D eigenvalue weighted by Gasteiger charge is 2.13. The second-order valence-corrected chi connectivity index (χ2v) is 7.67. The van der Waals surface area contributed by atoms with Crippen molar-refractivity contribution < 1.29 is 4.79 Å². The second-order valence-electron chi connectivity index (χ2n) is 5.79. The van der Waals surface area contributed by atoms with Gasteiger partial charge in [-0.15, -0.1) is 11.3 Å². The van der Waals surface area contributed by atoms with Crippen LogP contribution >= 0.6 is 27.3 Å². The standard InChI is InChI=1S/C18H17BrN2OS/c1-11(2)10-20-17(22)12-7-8-13(14(19)9-12)18-21-15-5-3-4-6-16(15)23-18/h3-9,11H,10H2,1-2H3,(H,20,22). The number of rotatable bonds is 4. The van der Waals surface area contributed by atoms with Gasteiger partial charge in [-0.05, 0) is 30.2 Å². The van der Waals surface area contributed by atoms with Gasteiger partial charge in [0.25, 0.3) is 5.91 Å². The largest absolute Gasteiger partial charge is 0.352 e. The molecule has 1 aromatic heterocycles. The molecule has 2 aromatic carbocycles. The van der Waals surface area contributed by atoms with E-state index >= 15 is 0 Å². The monoisotopic (exact) mass is 388 g/mol. The minimum Gasteiger partial charge on any atom is -0.352 e. The second kappa shape index (κ2) is 6.81. The molecule has 0 saturated carbocycles. The van der Waals surface area contributed by atoms with Crippen molar-refractivity contribution in [3.05, 3.63) is 52.5 Å². The van der Waals surface area contributed by atoms with E-state index < -0.39 is 0 Å². The molecule has 3 aromatic rings. The third kappa shape index (κ3) is 3.62. The molecule has 3 rings (SSSR count). The number of thiazole rings is 1. The van der Waals surface area contributed by atoms with Gasteiger partial charge < -0.3 is 5.32 Å². The molecule has 0 radical (unpaired) electrons. The van der Waals surface area contributed by atoms with E-state index in [0.29, 0.717) is 18.0 Å². The Morgan fingerprint density at radius 2 is 2.04 bits per heavy atom. The van der Waals surface area contributed by atoms with Gasteiger partial charge in [0, 0.05) is 22.1 Å². The van der Waals surface area contributed by atoms with Gasteiger partial charge in [0.15, 0.2) is 0 Å². The van der Waals surface area contributed by atoms with Crippen LogP contribution in [0.25, 0.3) is 20.8 Å². The number of hydrogen-bond acceptors (Lipinski definition) is 3. The predicted octanol–water partition coefficient (Wildman–Crippen LogP) is 5.11. The van der Waals surface area contributed by atoms with E-state index in [1.807, 2.05) is 36.4 Å². The first-order chi connectivity index (χ1) is 11.0. The number of fused-ring (bicyclic) bond motifs is 1. The van der Waals surface area contributed by atoms with Crippen LogP contribution in [0.4, 0.5) is 0 Å². The molecule has 118 valence electrons. The quantitative estimate of drug-likeness (QED) is 0.674. The number of halogens is 1. The first kappa shape index (κ1) is 16.1. The number of para-hydroxylation sites is 1. The van der Waals surface area contributed by atoms with E-state index in [1.165, 1.54) is 0 Å². The van der Waals surface area contributed by atoms with Crippen molar-refractivity contribution in [3.8, 4) is 10.6 Å². The molecule has 0 bridgehead atoms. The lowest BCUT2D eigenvalue weighted by atomic mass is 10.1. The van der Waals surface area contributed by atoms with E-state index in [2.05, 4.69) is 46.1 Å². The number of amides is 1. The molecule has 0 aliphatic heterocycles. The van der Waals surface area contributed by atoms with Crippen LogP contribution in [-0.4, -0.2) is 17.4 Å². The lowest BCUT2D eigenvalue weighted by Gasteiger charge is -2.09. The van der Waals surface area contributed by atoms with Crippen molar-refractivity contribution in [2.75, 3.05) is 6.54 Å². The Hall–Kier alpha value is -1.72. The molecule has 1 heterocycles. The van der Waals surface area contributed by atoms with Crippen LogP contribution in [0, 0.1) is 5.92 Å². The van der Waals surface area contributed by atoms with E-state index in [4.69, 9.17) is 0 Å². The third-order valence-corrected chi connectivity index (χ3v) is 5.15. The maximum absolute atomic E-state index is 12.1. The van der Waals surface area contributed by atoms with Crippen LogP contribution in [0.1, 0.15) is 24.2 Å². The first-order valence-electron chi connectivity index (χ1n) is 7.48. The average Bonchev–Trinajstić information content (AvgIpc) is 2.96. The molecular weight excluding hydrogens is 372 g/mol. The van der Waals surface area contributed by atoms with E-state index in [-0.39, 0.29) is 5.91 Å². The predicted molar refractivity (Wildman–Crippen MR) is 99.9 cm³/mol. The van der Waals surface area contributed by atoms with Gasteiger partial charge in [-0.2, -0.15) is 0 Å². The van der Waals surface area contributed by atoms with Gasteiger partial charge in [-0.25, -0.2) is 4.98 Å². The molecule has 23 heavy (non-hydrogen) atoms. The summed E-state index contributed by atoms with van der Waals surface area (Å²) in [4.78, 5) is 16.8. The maximum atomic E-state index is 12.1. The Morgan fingerprint density at radius 1 is 1.26 bits per heavy atom. The van der Waals surface area contributed by atoms with Crippen LogP contribution < -0.4 is 5.32 Å². The summed E-state index contributed by atoms with van der Waals surface area (Å²) < 4.78 is 2.04. The molecule has 0 saturated heterocycles. The van der Waals surface area contributed by atoms with Crippen molar-refractivity contribution in [3.63, 3.8) is 0 Å². The number of carbonyl (C=O) groups is 1. The summed E-state index contributed by atoms with van der Waals surface area (Å²) in [5.41, 5.74) is 2.66. The molecule has 0 spiro atoms. The number of aromatic nitrogens is 1. The van der Waals surface area contributed by atoms with Crippen LogP contribution in [0.15, 0.2) is 46.9 Å². The Labute approximate surface area is 147 Å². The summed E-state index contributed by atoms with van der Waals surface area (Å²) in [7, 11) is 0. The zero-order valence-electron chi connectivity index (χ0n) is 13.0. The topological polar surface area (TPSA) is 42.0 Å². The molecule has 0 aliphatic rings. The zero-order chi connectivity index (χ0) is 16.4. The third-order valence-electron chi connectivity index (χ3n) is 3.43. The van der Waals surface area contributed by atoms with Crippen LogP contribution in [0.2, 0.25) is 0 Å². The van der Waals surface area contributed by atoms with Gasteiger partial charge in [-0.1, -0.05) is 48.0 Å². The molecule has 5 heteroatoms. The SMILES string of the molecule is CC(C)CNC(=O)c1ccc(-c2nc3ccccc3s2)c(Br)c1. The Balaban J connectivity index is 1.88. The lowest BCUT2D eigenvalue weighted by Crippen LogP contribution is -2.27. The highest BCUT2D eigenvalue weighted by atomic mass is 79.9. The fraction of sp³-hybridized carbons (Fsp3) is 0.222. The number of hydrogen-bond donors (Lipinski definition) is 1. The number of benzene rings is 2. The van der Waals surface area contributed by atoms with Crippen molar-refractivity contribution in [2.24, 2.45) is 5.92 Å². The smallest absolute Gasteiger partial charge is 0.251 e. The zero-order valence-corrected chi connectivity index (χ0v) is 15.4. The van der Waals surface area contributed by atoms with Gasteiger partial charge >= 0.3 is 0 Å². The minimum absolute atomic E-state index is 0.0461. The Morgan fingerprint density at radius 3 is 2.74 bits per heavy atom. The van der Waals surface area contributed by atoms with Gasteiger partial charge in [0.2, 0.25) is 0 Å². The molecule has 0 fully saturated rings. The van der Waals surface area contributed by atoms with Crippen LogP contribution in [-0.2, 0) is 0 Å². The Bertz CT molecular complexity index is 824. The fourth-order valence-corrected chi connectivity index (χ4v) is 3.92. The highest BCUT2D eigenvalue weighted by Crippen LogP contribution is 2.34. The van der Waals surface area contributed by atoms with Crippen LogP contribution in [0.5, 0.6) is 0 Å². The molecule has 0 atom stereocenters. The summed E-state index contributed by atoms with van der Waals surface area (Å²) in [6.07, 6.45) is 0. The first-order valence-corrected chi connectivity index (χ1v) is 9.09. The van der Waals surface area contributed by atoms with Crippen molar-refractivity contribution in [2.45, 2.75) is 13.8 Å². The molecule has 1 N–H and O–H groups in total. The van der Waals surface area contributed by atoms with Gasteiger partial charge in [-0.3, -0.25) is 4.79 Å². The number of carbonyl (C=O) groups excluding carboxylic acids is 1. The number of nitrogens with zero attached hydrogens (tertiary/aromatic N) is 1. The number of nitrogens with one attached hydrogen (secondary N) is 1. The summed E-state index contributed by atoms with van der Waals surface area (Å²) in [6, 6.07) is 13.7. The van der Waals surface area contributed by atoms with Crippen molar-refractivity contribution in [1.82, 2.24) is 10.3 Å². The van der Waals surface area contributed by atoms with Crippen molar-refractivity contribution in [1.29, 1.82) is 0 Å². The Kier molecular flexibility index (Phi) is 4.78. The summed E-state index contributed by atoms with van der Waals surface area (Å²) in [6.45, 7) is 4.83. The summed E-state index contributed by atoms with van der Waals surface area (Å²) in [5, 5.41) is 3.88. The molecule has 3 nitrogen and oxygen atoms in total. The normalized spacial score (nSPS) is 11.1. The molecule has 0 unspecified atom stereocenters. The average molecular weight is 389 g/mol. The minimum atomic E-state index is -0.0461. The maximum Gasteiger partial charge on any atom is 0.251 e. The van der Waals surface area contributed by atoms with Gasteiger partial charge in [0.05, 0.1) is 10.2 Å². The molecule has 0 aliphatic carbocycles. The van der Waals surface area contributed by atoms with Crippen LogP contribution in [0.3, 0.4) is 0 Å². The highest BCUT2D eigenvalue weighted by molar-refractivity contribution is 9.10. The summed E-state index contributed by atoms with van der Waals surface area (Å²) in [5.74, 6) is 0.389. The fourth-order valence-electron chi connectivity index (χ4n) is 2.22. The van der Waals surface area contributed by atoms with E-state index in [1.54, 1.807) is 11.3 Å². The molecular formula is C18H17BrN2OS. The van der Waals surface area contributed by atoms with E-state index in [9.17, 15) is 4.79 Å². The lowest BCUT2D eigenvalue weighted by molar-refractivity contribution is 0.0949.